The van der Waals surface area contributed by atoms with E-state index in [1.807, 2.05) is 32.0 Å². The predicted molar refractivity (Wildman–Crippen MR) is 87.4 cm³/mol. The van der Waals surface area contributed by atoms with Crippen LogP contribution in [0.1, 0.15) is 25.8 Å². The number of carbonyl (C=O) groups excluding carboxylic acids is 1. The predicted octanol–water partition coefficient (Wildman–Crippen LogP) is 1.31. The van der Waals surface area contributed by atoms with Gasteiger partial charge in [0.05, 0.1) is 0 Å². The molecule has 3 N–H and O–H groups in total. The third kappa shape index (κ3) is 7.97. The van der Waals surface area contributed by atoms with Gasteiger partial charge in [-0.2, -0.15) is 0 Å². The number of amides is 1. The molecule has 5 nitrogen and oxygen atoms in total. The molecule has 0 aromatic heterocycles. The second-order valence-corrected chi connectivity index (χ2v) is 4.71. The Balaban J connectivity index is 2.36. The first-order chi connectivity index (χ1) is 10.3. The van der Waals surface area contributed by atoms with Crippen LogP contribution < -0.4 is 16.0 Å². The minimum atomic E-state index is -0.0443. The summed E-state index contributed by atoms with van der Waals surface area (Å²) in [6, 6.07) is 10.3. The van der Waals surface area contributed by atoms with Gasteiger partial charge in [0.2, 0.25) is 5.91 Å². The van der Waals surface area contributed by atoms with Crippen LogP contribution in [0.25, 0.3) is 0 Å². The van der Waals surface area contributed by atoms with Crippen molar-refractivity contribution in [1.29, 1.82) is 0 Å². The number of hydrogen-bond donors (Lipinski definition) is 3. The Morgan fingerprint density at radius 2 is 1.81 bits per heavy atom. The molecule has 0 fully saturated rings. The monoisotopic (exact) mass is 290 g/mol. The largest absolute Gasteiger partial charge is 0.357 e. The van der Waals surface area contributed by atoms with Crippen molar-refractivity contribution in [3.8, 4) is 0 Å². The molecule has 21 heavy (non-hydrogen) atoms. The van der Waals surface area contributed by atoms with Gasteiger partial charge in [0.25, 0.3) is 0 Å². The van der Waals surface area contributed by atoms with Crippen LogP contribution in [0.15, 0.2) is 35.3 Å². The standard InChI is InChI=1S/C16H26N4O/c1-3-11-18-15(21)13-20-16(17-4-2)19-12-10-14-8-6-5-7-9-14/h5-9H,3-4,10-13H2,1-2H3,(H,18,21)(H2,17,19,20). The summed E-state index contributed by atoms with van der Waals surface area (Å²) in [6.45, 7) is 6.44. The Morgan fingerprint density at radius 3 is 2.48 bits per heavy atom. The maximum Gasteiger partial charge on any atom is 0.241 e. The molecule has 0 bridgehead atoms. The van der Waals surface area contributed by atoms with Crippen LogP contribution in [-0.4, -0.2) is 38.0 Å². The Kier molecular flexibility index (Phi) is 8.68. The highest BCUT2D eigenvalue weighted by Gasteiger charge is 2.01. The molecule has 0 aliphatic heterocycles. The van der Waals surface area contributed by atoms with E-state index in [0.717, 1.165) is 25.9 Å². The van der Waals surface area contributed by atoms with Crippen LogP contribution >= 0.6 is 0 Å². The molecule has 0 saturated carbocycles. The first-order valence-corrected chi connectivity index (χ1v) is 7.59. The van der Waals surface area contributed by atoms with E-state index in [-0.39, 0.29) is 12.5 Å². The van der Waals surface area contributed by atoms with Gasteiger partial charge in [0.1, 0.15) is 6.54 Å². The molecule has 0 atom stereocenters. The average Bonchev–Trinajstić information content (AvgIpc) is 2.51. The summed E-state index contributed by atoms with van der Waals surface area (Å²) in [6.07, 6.45) is 1.86. The van der Waals surface area contributed by atoms with Crippen LogP contribution in [0.4, 0.5) is 0 Å². The molecule has 0 heterocycles. The number of nitrogens with zero attached hydrogens (tertiary/aromatic N) is 1. The van der Waals surface area contributed by atoms with Gasteiger partial charge in [-0.3, -0.25) is 4.79 Å². The maximum absolute atomic E-state index is 11.5. The molecule has 1 rings (SSSR count). The van der Waals surface area contributed by atoms with E-state index in [0.29, 0.717) is 12.5 Å². The van der Waals surface area contributed by atoms with E-state index in [2.05, 4.69) is 33.1 Å². The van der Waals surface area contributed by atoms with Crippen LogP contribution in [0.2, 0.25) is 0 Å². The van der Waals surface area contributed by atoms with E-state index in [1.165, 1.54) is 5.56 Å². The molecule has 116 valence electrons. The fourth-order valence-electron chi connectivity index (χ4n) is 1.78. The zero-order valence-corrected chi connectivity index (χ0v) is 13.0. The minimum absolute atomic E-state index is 0.0443. The van der Waals surface area contributed by atoms with Crippen molar-refractivity contribution in [2.75, 3.05) is 26.2 Å². The van der Waals surface area contributed by atoms with Crippen molar-refractivity contribution in [2.24, 2.45) is 4.99 Å². The molecule has 0 saturated heterocycles. The lowest BCUT2D eigenvalue weighted by Crippen LogP contribution is -2.39. The van der Waals surface area contributed by atoms with E-state index in [1.54, 1.807) is 0 Å². The number of carbonyl (C=O) groups is 1. The Morgan fingerprint density at radius 1 is 1.05 bits per heavy atom. The third-order valence-corrected chi connectivity index (χ3v) is 2.85. The van der Waals surface area contributed by atoms with Gasteiger partial charge in [0.15, 0.2) is 5.96 Å². The second kappa shape index (κ2) is 10.7. The first kappa shape index (κ1) is 17.0. The molecular formula is C16H26N4O. The number of aliphatic imine (C=N–C) groups is 1. The van der Waals surface area contributed by atoms with Gasteiger partial charge in [-0.15, -0.1) is 0 Å². The molecular weight excluding hydrogens is 264 g/mol. The average molecular weight is 290 g/mol. The highest BCUT2D eigenvalue weighted by Crippen LogP contribution is 1.97. The normalized spacial score (nSPS) is 11.0. The minimum Gasteiger partial charge on any atom is -0.357 e. The van der Waals surface area contributed by atoms with E-state index >= 15 is 0 Å². The van der Waals surface area contributed by atoms with E-state index < -0.39 is 0 Å². The van der Waals surface area contributed by atoms with Gasteiger partial charge >= 0.3 is 0 Å². The number of hydrogen-bond acceptors (Lipinski definition) is 2. The molecule has 1 aromatic carbocycles. The molecule has 5 heteroatoms. The van der Waals surface area contributed by atoms with E-state index in [4.69, 9.17) is 0 Å². The van der Waals surface area contributed by atoms with Gasteiger partial charge in [-0.1, -0.05) is 37.3 Å². The quantitative estimate of drug-likeness (QED) is 0.499. The lowest BCUT2D eigenvalue weighted by Gasteiger charge is -2.11. The lowest BCUT2D eigenvalue weighted by molar-refractivity contribution is -0.119. The van der Waals surface area contributed by atoms with Crippen molar-refractivity contribution in [3.63, 3.8) is 0 Å². The molecule has 0 aliphatic rings. The van der Waals surface area contributed by atoms with Crippen LogP contribution in [0, 0.1) is 0 Å². The Labute approximate surface area is 127 Å². The van der Waals surface area contributed by atoms with Gasteiger partial charge in [-0.05, 0) is 25.3 Å². The van der Waals surface area contributed by atoms with Crippen molar-refractivity contribution >= 4 is 11.9 Å². The van der Waals surface area contributed by atoms with Gasteiger partial charge in [-0.25, -0.2) is 4.99 Å². The Hall–Kier alpha value is -2.04. The number of rotatable bonds is 8. The molecule has 0 aliphatic carbocycles. The lowest BCUT2D eigenvalue weighted by atomic mass is 10.1. The van der Waals surface area contributed by atoms with Crippen LogP contribution in [0.5, 0.6) is 0 Å². The van der Waals surface area contributed by atoms with Crippen molar-refractivity contribution < 1.29 is 4.79 Å². The molecule has 1 aromatic rings. The number of guanidine groups is 1. The molecule has 0 unspecified atom stereocenters. The topological polar surface area (TPSA) is 65.5 Å². The highest BCUT2D eigenvalue weighted by atomic mass is 16.1. The highest BCUT2D eigenvalue weighted by molar-refractivity contribution is 5.84. The molecule has 0 spiro atoms. The summed E-state index contributed by atoms with van der Waals surface area (Å²) in [5, 5.41) is 9.19. The van der Waals surface area contributed by atoms with Gasteiger partial charge in [0, 0.05) is 19.6 Å². The van der Waals surface area contributed by atoms with Crippen molar-refractivity contribution in [3.05, 3.63) is 35.9 Å². The second-order valence-electron chi connectivity index (χ2n) is 4.71. The van der Waals surface area contributed by atoms with Gasteiger partial charge < -0.3 is 16.0 Å². The fourth-order valence-corrected chi connectivity index (χ4v) is 1.78. The summed E-state index contributed by atoms with van der Waals surface area (Å²) < 4.78 is 0. The summed E-state index contributed by atoms with van der Waals surface area (Å²) in [4.78, 5) is 15.8. The van der Waals surface area contributed by atoms with Crippen LogP contribution in [0.3, 0.4) is 0 Å². The SMILES string of the molecule is CCCNC(=O)CN=C(NCC)NCCc1ccccc1. The third-order valence-electron chi connectivity index (χ3n) is 2.85. The summed E-state index contributed by atoms with van der Waals surface area (Å²) in [5.41, 5.74) is 1.28. The summed E-state index contributed by atoms with van der Waals surface area (Å²) in [5.74, 6) is 0.636. The van der Waals surface area contributed by atoms with Crippen LogP contribution in [-0.2, 0) is 11.2 Å². The van der Waals surface area contributed by atoms with E-state index in [9.17, 15) is 4.79 Å². The molecule has 1 amide bonds. The summed E-state index contributed by atoms with van der Waals surface area (Å²) >= 11 is 0. The molecule has 0 radical (unpaired) electrons. The number of nitrogens with one attached hydrogen (secondary N) is 3. The van der Waals surface area contributed by atoms with Crippen molar-refractivity contribution in [2.45, 2.75) is 26.7 Å². The maximum atomic E-state index is 11.5. The zero-order valence-electron chi connectivity index (χ0n) is 13.0. The fraction of sp³-hybridized carbons (Fsp3) is 0.500. The number of benzene rings is 1. The first-order valence-electron chi connectivity index (χ1n) is 7.59. The Bertz CT molecular complexity index is 431. The smallest absolute Gasteiger partial charge is 0.241 e. The zero-order chi connectivity index (χ0) is 15.3. The van der Waals surface area contributed by atoms with Crippen molar-refractivity contribution in [1.82, 2.24) is 16.0 Å². The summed E-state index contributed by atoms with van der Waals surface area (Å²) in [7, 11) is 0.